The van der Waals surface area contributed by atoms with Crippen LogP contribution in [0.25, 0.3) is 10.8 Å². The first-order chi connectivity index (χ1) is 14.3. The molecule has 2 aromatic heterocycles. The average Bonchev–Trinajstić information content (AvgIpc) is 3.31. The van der Waals surface area contributed by atoms with E-state index in [1.165, 1.54) is 40.7 Å². The molecule has 0 unspecified atom stereocenters. The first-order valence-corrected chi connectivity index (χ1v) is 10.1. The summed E-state index contributed by atoms with van der Waals surface area (Å²) in [6.07, 6.45) is 0. The summed E-state index contributed by atoms with van der Waals surface area (Å²) < 4.78 is 19.5. The van der Waals surface area contributed by atoms with Crippen LogP contribution in [0.1, 0.15) is 34.8 Å². The molecule has 1 aliphatic rings. The Kier molecular flexibility index (Phi) is 5.10. The van der Waals surface area contributed by atoms with Crippen LogP contribution in [-0.2, 0) is 11.3 Å². The van der Waals surface area contributed by atoms with Gasteiger partial charge in [0.05, 0.1) is 11.7 Å². The van der Waals surface area contributed by atoms with Crippen LogP contribution in [0.5, 0.6) is 0 Å². The molecular weight excluding hydrogens is 407 g/mol. The molecule has 10 heteroatoms. The summed E-state index contributed by atoms with van der Waals surface area (Å²) in [5, 5.41) is 0.649. The van der Waals surface area contributed by atoms with Crippen LogP contribution in [0.4, 0.5) is 10.2 Å². The molecule has 0 spiro atoms. The minimum Gasteiger partial charge on any atom is -0.328 e. The number of carbonyl (C=O) groups excluding carboxylic acids is 2. The van der Waals surface area contributed by atoms with Crippen molar-refractivity contribution in [3.63, 3.8) is 0 Å². The zero-order valence-electron chi connectivity index (χ0n) is 16.8. The molecule has 0 N–H and O–H groups in total. The van der Waals surface area contributed by atoms with E-state index in [0.29, 0.717) is 41.1 Å². The van der Waals surface area contributed by atoms with Crippen molar-refractivity contribution in [1.29, 1.82) is 0 Å². The lowest BCUT2D eigenvalue weighted by Crippen LogP contribution is -2.41. The molecule has 0 saturated heterocycles. The van der Waals surface area contributed by atoms with Crippen LogP contribution in [0.15, 0.2) is 24.3 Å². The second-order valence-electron chi connectivity index (χ2n) is 7.08. The number of aryl methyl sites for hydroxylation is 1. The number of rotatable bonds is 3. The Morgan fingerprint density at radius 3 is 2.53 bits per heavy atom. The van der Waals surface area contributed by atoms with Gasteiger partial charge in [0.15, 0.2) is 16.6 Å². The molecular formula is C20H20FN6O2S. The van der Waals surface area contributed by atoms with Gasteiger partial charge in [0.25, 0.3) is 5.91 Å². The Labute approximate surface area is 177 Å². The summed E-state index contributed by atoms with van der Waals surface area (Å²) in [6, 6.07) is 5.10. The second-order valence-corrected chi connectivity index (χ2v) is 7.83. The van der Waals surface area contributed by atoms with E-state index in [-0.39, 0.29) is 11.9 Å². The summed E-state index contributed by atoms with van der Waals surface area (Å²) in [5.41, 5.74) is 1.12. The molecule has 4 rings (SSSR count). The van der Waals surface area contributed by atoms with Gasteiger partial charge in [0.2, 0.25) is 5.91 Å². The van der Waals surface area contributed by atoms with Crippen molar-refractivity contribution in [2.75, 3.05) is 18.5 Å². The molecule has 1 aromatic carbocycles. The molecule has 0 fully saturated rings. The lowest BCUT2D eigenvalue weighted by molar-refractivity contribution is -0.114. The number of halogens is 1. The van der Waals surface area contributed by atoms with Crippen molar-refractivity contribution in [2.45, 2.75) is 26.4 Å². The maximum absolute atomic E-state index is 13.3. The summed E-state index contributed by atoms with van der Waals surface area (Å²) in [4.78, 5) is 37.2. The minimum atomic E-state index is -0.412. The standard InChI is InChI=1S/C20H20FN6O2S/c1-11-16-17(25(4)13(3)28)23-18(19-22-12(2)24-30-19)27(16)10-9-26(11)20(29)14-5-7-15(21)8-6-14/h5-8,11H,3,9-10H2,1-2,4H3/t11-/m1/s1. The summed E-state index contributed by atoms with van der Waals surface area (Å²) in [5.74, 6) is 0.669. The number of fused-ring (bicyclic) bond motifs is 1. The number of amides is 2. The predicted molar refractivity (Wildman–Crippen MR) is 110 cm³/mol. The first kappa shape index (κ1) is 20.1. The van der Waals surface area contributed by atoms with Crippen molar-refractivity contribution < 1.29 is 14.0 Å². The van der Waals surface area contributed by atoms with Gasteiger partial charge >= 0.3 is 0 Å². The molecule has 0 aliphatic carbocycles. The van der Waals surface area contributed by atoms with E-state index in [1.807, 2.05) is 11.5 Å². The molecule has 3 heterocycles. The summed E-state index contributed by atoms with van der Waals surface area (Å²) in [7, 11) is 1.60. The van der Waals surface area contributed by atoms with Crippen LogP contribution in [-0.4, -0.2) is 49.2 Å². The van der Waals surface area contributed by atoms with Crippen molar-refractivity contribution in [2.24, 2.45) is 0 Å². The average molecular weight is 427 g/mol. The zero-order valence-corrected chi connectivity index (χ0v) is 17.6. The smallest absolute Gasteiger partial charge is 0.254 e. The fourth-order valence-corrected chi connectivity index (χ4v) is 4.26. The van der Waals surface area contributed by atoms with E-state index in [1.54, 1.807) is 18.9 Å². The molecule has 8 nitrogen and oxygen atoms in total. The minimum absolute atomic E-state index is 0.210. The van der Waals surface area contributed by atoms with Crippen molar-refractivity contribution >= 4 is 29.2 Å². The van der Waals surface area contributed by atoms with E-state index in [2.05, 4.69) is 21.3 Å². The molecule has 30 heavy (non-hydrogen) atoms. The zero-order chi connectivity index (χ0) is 21.6. The highest BCUT2D eigenvalue weighted by molar-refractivity contribution is 7.09. The fraction of sp³-hybridized carbons (Fsp3) is 0.300. The lowest BCUT2D eigenvalue weighted by atomic mass is 10.1. The molecule has 0 saturated carbocycles. The Balaban J connectivity index is 1.78. The molecule has 0 bridgehead atoms. The molecule has 2 amide bonds. The van der Waals surface area contributed by atoms with Crippen molar-refractivity contribution in [1.82, 2.24) is 23.8 Å². The number of anilines is 1. The number of aromatic nitrogens is 4. The molecule has 155 valence electrons. The number of hydrogen-bond acceptors (Lipinski definition) is 6. The van der Waals surface area contributed by atoms with Crippen LogP contribution < -0.4 is 4.90 Å². The van der Waals surface area contributed by atoms with Crippen LogP contribution >= 0.6 is 11.5 Å². The van der Waals surface area contributed by atoms with Crippen LogP contribution in [0.3, 0.4) is 0 Å². The number of imidazole rings is 1. The van der Waals surface area contributed by atoms with E-state index in [0.717, 1.165) is 5.69 Å². The maximum Gasteiger partial charge on any atom is 0.254 e. The number of nitrogens with zero attached hydrogens (tertiary/aromatic N) is 6. The Morgan fingerprint density at radius 1 is 1.23 bits per heavy atom. The molecule has 1 atom stereocenters. The van der Waals surface area contributed by atoms with Gasteiger partial charge in [-0.25, -0.2) is 14.4 Å². The molecule has 1 aliphatic heterocycles. The number of carbonyl (C=O) groups is 2. The Morgan fingerprint density at radius 2 is 1.93 bits per heavy atom. The highest BCUT2D eigenvalue weighted by Gasteiger charge is 2.36. The van der Waals surface area contributed by atoms with Gasteiger partial charge in [-0.1, -0.05) is 0 Å². The summed E-state index contributed by atoms with van der Waals surface area (Å²) >= 11 is 1.24. The van der Waals surface area contributed by atoms with Gasteiger partial charge < -0.3 is 9.47 Å². The van der Waals surface area contributed by atoms with E-state index in [9.17, 15) is 14.0 Å². The second kappa shape index (κ2) is 7.60. The fourth-order valence-electron chi connectivity index (χ4n) is 3.59. The SMILES string of the molecule is [CH2]C(=O)N(C)c1nc(-c2nc(C)ns2)n2c1[C@@H](C)N(C(=O)c1ccc(F)cc1)CC2. The van der Waals surface area contributed by atoms with Crippen molar-refractivity contribution in [3.05, 3.63) is 54.1 Å². The first-order valence-electron chi connectivity index (χ1n) is 9.35. The van der Waals surface area contributed by atoms with Gasteiger partial charge in [0, 0.05) is 32.6 Å². The Hall–Kier alpha value is -3.14. The number of benzene rings is 1. The Bertz CT molecular complexity index is 1120. The van der Waals surface area contributed by atoms with Gasteiger partial charge in [-0.2, -0.15) is 4.37 Å². The van der Waals surface area contributed by atoms with Gasteiger partial charge in [-0.3, -0.25) is 14.5 Å². The topological polar surface area (TPSA) is 84.2 Å². The quantitative estimate of drug-likeness (QED) is 0.642. The summed E-state index contributed by atoms with van der Waals surface area (Å²) in [6.45, 7) is 8.08. The van der Waals surface area contributed by atoms with Gasteiger partial charge in [-0.15, -0.1) is 0 Å². The third-order valence-electron chi connectivity index (χ3n) is 5.18. The maximum atomic E-state index is 13.3. The van der Waals surface area contributed by atoms with Crippen LogP contribution in [0, 0.1) is 19.7 Å². The lowest BCUT2D eigenvalue weighted by Gasteiger charge is -2.36. The predicted octanol–water partition coefficient (Wildman–Crippen LogP) is 2.86. The normalized spacial score (nSPS) is 15.8. The van der Waals surface area contributed by atoms with E-state index >= 15 is 0 Å². The van der Waals surface area contributed by atoms with E-state index < -0.39 is 11.7 Å². The van der Waals surface area contributed by atoms with E-state index in [4.69, 9.17) is 0 Å². The third-order valence-corrected chi connectivity index (χ3v) is 5.98. The van der Waals surface area contributed by atoms with Crippen LogP contribution in [0.2, 0.25) is 0 Å². The molecule has 1 radical (unpaired) electrons. The number of hydrogen-bond donors (Lipinski definition) is 0. The van der Waals surface area contributed by atoms with Gasteiger partial charge in [0.1, 0.15) is 11.6 Å². The third kappa shape index (κ3) is 3.36. The largest absolute Gasteiger partial charge is 0.328 e. The van der Waals surface area contributed by atoms with Gasteiger partial charge in [-0.05, 0) is 49.6 Å². The highest BCUT2D eigenvalue weighted by atomic mass is 32.1. The highest BCUT2D eigenvalue weighted by Crippen LogP contribution is 2.38. The van der Waals surface area contributed by atoms with Crippen molar-refractivity contribution in [3.8, 4) is 10.8 Å². The molecule has 3 aromatic rings. The monoisotopic (exact) mass is 427 g/mol.